The van der Waals surface area contributed by atoms with E-state index in [4.69, 9.17) is 5.26 Å². The average Bonchev–Trinajstić information content (AvgIpc) is 1.65. The Morgan fingerprint density at radius 2 is 2.12 bits per heavy atom. The van der Waals surface area contributed by atoms with Gasteiger partial charge in [-0.2, -0.15) is 5.26 Å². The Balaban J connectivity index is 0. The molecule has 0 spiro atoms. The Kier molecular flexibility index (Phi) is 13.5. The molecule has 0 heterocycles. The van der Waals surface area contributed by atoms with E-state index in [1.54, 1.807) is 13.0 Å². The summed E-state index contributed by atoms with van der Waals surface area (Å²) in [4.78, 5) is 9.51. The SMILES string of the molecule is C=CC#N.C[C](=O)[Na]. The molecule has 0 bridgehead atoms. The van der Waals surface area contributed by atoms with Crippen LogP contribution in [0.5, 0.6) is 0 Å². The predicted molar refractivity (Wildman–Crippen MR) is 32.2 cm³/mol. The van der Waals surface area contributed by atoms with Gasteiger partial charge in [-0.1, -0.05) is 6.58 Å². The zero-order valence-electron chi connectivity index (χ0n) is 5.14. The first kappa shape index (κ1) is 10.8. The summed E-state index contributed by atoms with van der Waals surface area (Å²) in [6.45, 7) is 4.71. The molecular formula is C5H6NNaO. The molecule has 0 saturated heterocycles. The second kappa shape index (κ2) is 10.0. The summed E-state index contributed by atoms with van der Waals surface area (Å²) >= 11 is 0.710. The van der Waals surface area contributed by atoms with E-state index in [2.05, 4.69) is 6.58 Å². The summed E-state index contributed by atoms with van der Waals surface area (Å²) in [5.41, 5.74) is 0. The summed E-state index contributed by atoms with van der Waals surface area (Å²) in [6, 6.07) is 1.69. The van der Waals surface area contributed by atoms with E-state index < -0.39 is 0 Å². The first-order chi connectivity index (χ1) is 3.65. The minimum atomic E-state index is 0.306. The molecule has 3 heteroatoms. The molecule has 0 rings (SSSR count). The predicted octanol–water partition coefficient (Wildman–Crippen LogP) is 0.397. The number of carbonyl (C=O) groups excluding carboxylic acids is 1. The molecule has 0 N–H and O–H groups in total. The zero-order valence-corrected chi connectivity index (χ0v) is 7.14. The van der Waals surface area contributed by atoms with Gasteiger partial charge in [0.25, 0.3) is 0 Å². The van der Waals surface area contributed by atoms with Crippen molar-refractivity contribution in [1.82, 2.24) is 0 Å². The molecule has 0 aliphatic rings. The Labute approximate surface area is 66.6 Å². The van der Waals surface area contributed by atoms with Gasteiger partial charge in [-0.05, 0) is 0 Å². The van der Waals surface area contributed by atoms with E-state index >= 15 is 0 Å². The van der Waals surface area contributed by atoms with Gasteiger partial charge in [-0.3, -0.25) is 0 Å². The molecule has 0 aromatic rings. The summed E-state index contributed by atoms with van der Waals surface area (Å²) in [7, 11) is 0. The van der Waals surface area contributed by atoms with Crippen molar-refractivity contribution in [2.24, 2.45) is 0 Å². The molecule has 2 nitrogen and oxygen atoms in total. The molecule has 38 valence electrons. The third kappa shape index (κ3) is 175. The second-order valence-electron chi connectivity index (χ2n) is 1.24. The van der Waals surface area contributed by atoms with Gasteiger partial charge in [0.05, 0.1) is 6.07 Å². The minimum absolute atomic E-state index is 0.306. The van der Waals surface area contributed by atoms with Crippen LogP contribution in [0.25, 0.3) is 0 Å². The number of nitriles is 1. The van der Waals surface area contributed by atoms with E-state index in [0.717, 1.165) is 0 Å². The number of carbonyl (C=O) groups is 1. The molecule has 0 unspecified atom stereocenters. The fraction of sp³-hybridized carbons (Fsp3) is 0.200. The van der Waals surface area contributed by atoms with Gasteiger partial charge in [-0.15, -0.1) is 0 Å². The monoisotopic (exact) mass is 119 g/mol. The zero-order chi connectivity index (χ0) is 6.99. The van der Waals surface area contributed by atoms with Crippen molar-refractivity contribution in [1.29, 1.82) is 5.26 Å². The normalized spacial score (nSPS) is 5.25. The van der Waals surface area contributed by atoms with Crippen LogP contribution in [0.15, 0.2) is 12.7 Å². The van der Waals surface area contributed by atoms with Crippen molar-refractivity contribution in [3.8, 4) is 6.07 Å². The van der Waals surface area contributed by atoms with Crippen molar-refractivity contribution in [2.75, 3.05) is 0 Å². The molecule has 0 aliphatic heterocycles. The van der Waals surface area contributed by atoms with E-state index in [1.165, 1.54) is 6.08 Å². The van der Waals surface area contributed by atoms with Crippen molar-refractivity contribution in [3.63, 3.8) is 0 Å². The van der Waals surface area contributed by atoms with Gasteiger partial charge in [0.2, 0.25) is 0 Å². The molecule has 0 fully saturated rings. The van der Waals surface area contributed by atoms with Crippen LogP contribution < -0.4 is 0 Å². The molecule has 0 aromatic carbocycles. The Morgan fingerprint density at radius 3 is 2.12 bits per heavy atom. The van der Waals surface area contributed by atoms with Crippen molar-refractivity contribution >= 4 is 31.0 Å². The van der Waals surface area contributed by atoms with E-state index in [-0.39, 0.29) is 0 Å². The van der Waals surface area contributed by atoms with Gasteiger partial charge < -0.3 is 0 Å². The van der Waals surface area contributed by atoms with Crippen molar-refractivity contribution in [3.05, 3.63) is 12.7 Å². The Bertz CT molecular complexity index is 110. The number of nitrogens with zero attached hydrogens (tertiary/aromatic N) is 1. The molecule has 0 amide bonds. The molecule has 0 saturated carbocycles. The molecule has 0 atom stereocenters. The van der Waals surface area contributed by atoms with Gasteiger partial charge in [0.1, 0.15) is 0 Å². The maximum atomic E-state index is 9.51. The fourth-order valence-electron chi connectivity index (χ4n) is 0. The van der Waals surface area contributed by atoms with Gasteiger partial charge >= 0.3 is 42.7 Å². The van der Waals surface area contributed by atoms with Gasteiger partial charge in [0.15, 0.2) is 0 Å². The van der Waals surface area contributed by atoms with Crippen LogP contribution in [-0.4, -0.2) is 31.0 Å². The standard InChI is InChI=1S/C3H3N.C2H3O.Na/c1-2-3-4;1-2-3;/h2H,1H2;1H3;. The summed E-state index contributed by atoms with van der Waals surface area (Å²) in [5.74, 6) is 0. The van der Waals surface area contributed by atoms with Gasteiger partial charge in [-0.25, -0.2) is 0 Å². The second-order valence-corrected chi connectivity index (χ2v) is 2.65. The number of rotatable bonds is 0. The summed E-state index contributed by atoms with van der Waals surface area (Å²) in [5, 5.41) is 7.51. The topological polar surface area (TPSA) is 40.9 Å². The molecule has 0 aromatic heterocycles. The third-order valence-corrected chi connectivity index (χ3v) is 0.0913. The average molecular weight is 119 g/mol. The van der Waals surface area contributed by atoms with E-state index in [1.807, 2.05) is 0 Å². The van der Waals surface area contributed by atoms with E-state index in [0.29, 0.717) is 31.0 Å². The maximum absolute atomic E-state index is 9.51. The molecule has 0 radical (unpaired) electrons. The van der Waals surface area contributed by atoms with Crippen molar-refractivity contribution in [2.45, 2.75) is 6.92 Å². The van der Waals surface area contributed by atoms with Crippen LogP contribution in [0, 0.1) is 11.3 Å². The molecule has 8 heavy (non-hydrogen) atoms. The Morgan fingerprint density at radius 1 is 2.00 bits per heavy atom. The summed E-state index contributed by atoms with van der Waals surface area (Å²) < 4.78 is 0.306. The first-order valence-corrected chi connectivity index (χ1v) is 3.12. The van der Waals surface area contributed by atoms with Crippen LogP contribution in [0.1, 0.15) is 6.92 Å². The van der Waals surface area contributed by atoms with E-state index in [9.17, 15) is 4.79 Å². The molecular weight excluding hydrogens is 113 g/mol. The van der Waals surface area contributed by atoms with Crippen LogP contribution in [0.3, 0.4) is 0 Å². The fourth-order valence-corrected chi connectivity index (χ4v) is 0. The Hall–Kier alpha value is -0.100. The summed E-state index contributed by atoms with van der Waals surface area (Å²) in [6.07, 6.45) is 1.18. The van der Waals surface area contributed by atoms with Crippen LogP contribution in [-0.2, 0) is 4.79 Å². The quantitative estimate of drug-likeness (QED) is 0.342. The van der Waals surface area contributed by atoms with Crippen molar-refractivity contribution < 1.29 is 4.79 Å². The number of allylic oxidation sites excluding steroid dienone is 1. The number of hydrogen-bond acceptors (Lipinski definition) is 2. The third-order valence-electron chi connectivity index (χ3n) is 0.0913. The number of hydrogen-bond donors (Lipinski definition) is 0. The van der Waals surface area contributed by atoms with Crippen LogP contribution in [0.4, 0.5) is 0 Å². The first-order valence-electron chi connectivity index (χ1n) is 2.12. The van der Waals surface area contributed by atoms with Crippen LogP contribution in [0.2, 0.25) is 0 Å². The molecule has 0 aliphatic carbocycles. The van der Waals surface area contributed by atoms with Crippen LogP contribution >= 0.6 is 0 Å². The van der Waals surface area contributed by atoms with Gasteiger partial charge in [0, 0.05) is 6.08 Å².